The lowest BCUT2D eigenvalue weighted by atomic mass is 9.87. The Hall–Kier alpha value is -4.00. The number of aryl methyl sites for hydroxylation is 2. The average molecular weight is 513 g/mol. The number of rotatable bonds is 10. The maximum Gasteiger partial charge on any atom is 0.346 e. The van der Waals surface area contributed by atoms with Gasteiger partial charge >= 0.3 is 11.7 Å². The standard InChI is InChI=1S/C31H36N4O3/c1-5-34-28(33-35(30(34)38)21-23-11-16-26(17-12-23)31(2,3)4)8-6-7-22-9-14-25(15-10-22)27-18-13-24(20-32-27)19-29(36)37/h9-18,20H,5-8,19,21H2,1-4H3,(H,36,37). The number of carboxylic acids is 1. The van der Waals surface area contributed by atoms with Gasteiger partial charge in [0.2, 0.25) is 0 Å². The van der Waals surface area contributed by atoms with Crippen LogP contribution in [0.25, 0.3) is 11.3 Å². The van der Waals surface area contributed by atoms with E-state index in [1.54, 1.807) is 21.5 Å². The molecule has 0 unspecified atom stereocenters. The minimum Gasteiger partial charge on any atom is -0.481 e. The van der Waals surface area contributed by atoms with Crippen molar-refractivity contribution in [2.45, 2.75) is 71.9 Å². The second-order valence-electron chi connectivity index (χ2n) is 10.7. The van der Waals surface area contributed by atoms with E-state index in [2.05, 4.69) is 67.3 Å². The van der Waals surface area contributed by atoms with E-state index in [0.717, 1.165) is 41.9 Å². The minimum atomic E-state index is -0.863. The molecule has 0 saturated carbocycles. The maximum atomic E-state index is 13.0. The summed E-state index contributed by atoms with van der Waals surface area (Å²) in [6, 6.07) is 20.4. The molecule has 4 rings (SSSR count). The third-order valence-corrected chi connectivity index (χ3v) is 6.76. The highest BCUT2D eigenvalue weighted by Crippen LogP contribution is 2.22. The summed E-state index contributed by atoms with van der Waals surface area (Å²) in [6.45, 7) is 9.63. The summed E-state index contributed by atoms with van der Waals surface area (Å²) in [5.74, 6) is -0.0383. The first-order valence-corrected chi connectivity index (χ1v) is 13.2. The molecular weight excluding hydrogens is 476 g/mol. The van der Waals surface area contributed by atoms with Gasteiger partial charge in [-0.3, -0.25) is 14.3 Å². The van der Waals surface area contributed by atoms with Crippen LogP contribution < -0.4 is 5.69 Å². The van der Waals surface area contributed by atoms with Crippen molar-refractivity contribution >= 4 is 5.97 Å². The van der Waals surface area contributed by atoms with Crippen molar-refractivity contribution in [3.63, 3.8) is 0 Å². The Labute approximate surface area is 223 Å². The van der Waals surface area contributed by atoms with Crippen molar-refractivity contribution in [3.8, 4) is 11.3 Å². The summed E-state index contributed by atoms with van der Waals surface area (Å²) < 4.78 is 3.35. The molecule has 0 atom stereocenters. The fourth-order valence-corrected chi connectivity index (χ4v) is 4.54. The smallest absolute Gasteiger partial charge is 0.346 e. The lowest BCUT2D eigenvalue weighted by Crippen LogP contribution is -2.25. The van der Waals surface area contributed by atoms with Crippen LogP contribution in [-0.2, 0) is 42.6 Å². The Bertz CT molecular complexity index is 1430. The Morgan fingerprint density at radius 2 is 1.55 bits per heavy atom. The first-order valence-electron chi connectivity index (χ1n) is 13.2. The molecule has 0 saturated heterocycles. The van der Waals surface area contributed by atoms with E-state index in [4.69, 9.17) is 5.11 Å². The second kappa shape index (κ2) is 11.6. The van der Waals surface area contributed by atoms with E-state index in [0.29, 0.717) is 18.7 Å². The van der Waals surface area contributed by atoms with Gasteiger partial charge in [0.1, 0.15) is 5.82 Å². The Morgan fingerprint density at radius 3 is 2.13 bits per heavy atom. The molecule has 198 valence electrons. The van der Waals surface area contributed by atoms with Gasteiger partial charge < -0.3 is 5.11 Å². The molecule has 0 aliphatic heterocycles. The van der Waals surface area contributed by atoms with E-state index in [1.165, 1.54) is 11.1 Å². The van der Waals surface area contributed by atoms with E-state index in [1.807, 2.05) is 25.1 Å². The molecule has 38 heavy (non-hydrogen) atoms. The van der Waals surface area contributed by atoms with Gasteiger partial charge in [-0.15, -0.1) is 0 Å². The molecule has 2 aromatic carbocycles. The molecule has 0 aliphatic rings. The number of benzene rings is 2. The zero-order valence-electron chi connectivity index (χ0n) is 22.6. The van der Waals surface area contributed by atoms with E-state index in [9.17, 15) is 9.59 Å². The van der Waals surface area contributed by atoms with Gasteiger partial charge in [-0.1, -0.05) is 75.4 Å². The molecule has 0 bridgehead atoms. The number of pyridine rings is 1. The summed E-state index contributed by atoms with van der Waals surface area (Å²) in [5, 5.41) is 13.6. The Morgan fingerprint density at radius 1 is 0.895 bits per heavy atom. The van der Waals surface area contributed by atoms with Crippen LogP contribution in [0.3, 0.4) is 0 Å². The number of nitrogens with zero attached hydrogens (tertiary/aromatic N) is 4. The fraction of sp³-hybridized carbons (Fsp3) is 0.355. The molecule has 0 radical (unpaired) electrons. The van der Waals surface area contributed by atoms with Crippen molar-refractivity contribution in [1.29, 1.82) is 0 Å². The van der Waals surface area contributed by atoms with E-state index in [-0.39, 0.29) is 17.5 Å². The molecule has 0 amide bonds. The van der Waals surface area contributed by atoms with Crippen molar-refractivity contribution in [3.05, 3.63) is 105 Å². The summed E-state index contributed by atoms with van der Waals surface area (Å²) in [5.41, 5.74) is 6.07. The normalized spacial score (nSPS) is 11.6. The van der Waals surface area contributed by atoms with Gasteiger partial charge in [0.25, 0.3) is 0 Å². The molecule has 4 aromatic rings. The highest BCUT2D eigenvalue weighted by atomic mass is 16.4. The van der Waals surface area contributed by atoms with Crippen molar-refractivity contribution in [2.24, 2.45) is 0 Å². The number of aromatic nitrogens is 4. The predicted molar refractivity (Wildman–Crippen MR) is 149 cm³/mol. The summed E-state index contributed by atoms with van der Waals surface area (Å²) in [7, 11) is 0. The van der Waals surface area contributed by atoms with Gasteiger partial charge in [0, 0.05) is 24.7 Å². The van der Waals surface area contributed by atoms with Crippen LogP contribution in [0.2, 0.25) is 0 Å². The number of aliphatic carboxylic acids is 1. The molecule has 7 heteroatoms. The molecule has 0 spiro atoms. The highest BCUT2D eigenvalue weighted by molar-refractivity contribution is 5.70. The number of hydrogen-bond donors (Lipinski definition) is 1. The van der Waals surface area contributed by atoms with Crippen LogP contribution in [0.1, 0.15) is 62.2 Å². The zero-order valence-corrected chi connectivity index (χ0v) is 22.6. The van der Waals surface area contributed by atoms with Crippen LogP contribution in [-0.4, -0.2) is 30.4 Å². The lowest BCUT2D eigenvalue weighted by Gasteiger charge is -2.19. The molecule has 0 aliphatic carbocycles. The molecular formula is C31H36N4O3. The van der Waals surface area contributed by atoms with Crippen molar-refractivity contribution < 1.29 is 9.90 Å². The first kappa shape index (κ1) is 27.0. The summed E-state index contributed by atoms with van der Waals surface area (Å²) >= 11 is 0. The third kappa shape index (κ3) is 6.65. The Kier molecular flexibility index (Phi) is 8.25. The van der Waals surface area contributed by atoms with Crippen LogP contribution in [0.4, 0.5) is 0 Å². The van der Waals surface area contributed by atoms with E-state index >= 15 is 0 Å². The predicted octanol–water partition coefficient (Wildman–Crippen LogP) is 5.27. The Balaban J connectivity index is 1.37. The van der Waals surface area contributed by atoms with Crippen molar-refractivity contribution in [1.82, 2.24) is 19.3 Å². The maximum absolute atomic E-state index is 13.0. The summed E-state index contributed by atoms with van der Waals surface area (Å²) in [4.78, 5) is 28.2. The number of carboxylic acid groups (broad SMARTS) is 1. The zero-order chi connectivity index (χ0) is 27.3. The average Bonchev–Trinajstić information content (AvgIpc) is 3.18. The van der Waals surface area contributed by atoms with Gasteiger partial charge in [0.05, 0.1) is 18.7 Å². The molecule has 2 heterocycles. The van der Waals surface area contributed by atoms with Crippen LogP contribution >= 0.6 is 0 Å². The molecule has 0 fully saturated rings. The number of hydrogen-bond acceptors (Lipinski definition) is 4. The minimum absolute atomic E-state index is 0.0269. The van der Waals surface area contributed by atoms with Crippen molar-refractivity contribution in [2.75, 3.05) is 0 Å². The van der Waals surface area contributed by atoms with Gasteiger partial charge in [0.15, 0.2) is 0 Å². The first-order chi connectivity index (χ1) is 18.1. The quantitative estimate of drug-likeness (QED) is 0.312. The lowest BCUT2D eigenvalue weighted by molar-refractivity contribution is -0.136. The van der Waals surface area contributed by atoms with E-state index < -0.39 is 5.97 Å². The highest BCUT2D eigenvalue weighted by Gasteiger charge is 2.15. The monoisotopic (exact) mass is 512 g/mol. The fourth-order valence-electron chi connectivity index (χ4n) is 4.54. The second-order valence-corrected chi connectivity index (χ2v) is 10.7. The largest absolute Gasteiger partial charge is 0.481 e. The van der Waals surface area contributed by atoms with Crippen LogP contribution in [0.5, 0.6) is 0 Å². The third-order valence-electron chi connectivity index (χ3n) is 6.76. The molecule has 1 N–H and O–H groups in total. The van der Waals surface area contributed by atoms with Gasteiger partial charge in [-0.25, -0.2) is 9.48 Å². The topological polar surface area (TPSA) is 90.0 Å². The SMILES string of the molecule is CCn1c(CCCc2ccc(-c3ccc(CC(=O)O)cn3)cc2)nn(Cc2ccc(C(C)(C)C)cc2)c1=O. The molecule has 2 aromatic heterocycles. The number of carbonyl (C=O) groups is 1. The summed E-state index contributed by atoms with van der Waals surface area (Å²) in [6.07, 6.45) is 4.08. The van der Waals surface area contributed by atoms with Gasteiger partial charge in [-0.2, -0.15) is 5.10 Å². The van der Waals surface area contributed by atoms with Crippen LogP contribution in [0.15, 0.2) is 71.7 Å². The van der Waals surface area contributed by atoms with Gasteiger partial charge in [-0.05, 0) is 53.5 Å². The van der Waals surface area contributed by atoms with Crippen LogP contribution in [0, 0.1) is 0 Å². The molecule has 7 nitrogen and oxygen atoms in total.